The normalized spacial score (nSPS) is 17.7. The van der Waals surface area contributed by atoms with Crippen LogP contribution in [-0.4, -0.2) is 27.4 Å². The second-order valence-corrected chi connectivity index (χ2v) is 5.95. The maximum atomic E-state index is 12.8. The van der Waals surface area contributed by atoms with E-state index >= 15 is 0 Å². The van der Waals surface area contributed by atoms with Gasteiger partial charge >= 0.3 is 0 Å². The predicted octanol–water partition coefficient (Wildman–Crippen LogP) is 4.07. The smallest absolute Gasteiger partial charge is 0.258 e. The monoisotopic (exact) mass is 336 g/mol. The Morgan fingerprint density at radius 1 is 1.27 bits per heavy atom. The lowest BCUT2D eigenvalue weighted by atomic mass is 10.1. The molecule has 4 nitrogen and oxygen atoms in total. The number of pyridine rings is 1. The van der Waals surface area contributed by atoms with Gasteiger partial charge in [0.15, 0.2) is 0 Å². The summed E-state index contributed by atoms with van der Waals surface area (Å²) in [5.74, 6) is -0.532. The SMILES string of the molecule is O=C(c1ccc(Cl)c(Cl)c1O)N1CCCC1c1ccccn1. The Morgan fingerprint density at radius 2 is 2.09 bits per heavy atom. The van der Waals surface area contributed by atoms with Crippen molar-refractivity contribution in [3.63, 3.8) is 0 Å². The summed E-state index contributed by atoms with van der Waals surface area (Å²) in [6, 6.07) is 8.59. The van der Waals surface area contributed by atoms with Gasteiger partial charge in [-0.1, -0.05) is 29.3 Å². The van der Waals surface area contributed by atoms with Crippen LogP contribution in [0.5, 0.6) is 5.75 Å². The van der Waals surface area contributed by atoms with Crippen LogP contribution in [0.2, 0.25) is 10.0 Å². The Hall–Kier alpha value is -1.78. The molecular formula is C16H14Cl2N2O2. The van der Waals surface area contributed by atoms with E-state index in [0.29, 0.717) is 6.54 Å². The molecular weight excluding hydrogens is 323 g/mol. The van der Waals surface area contributed by atoms with Crippen molar-refractivity contribution in [3.8, 4) is 5.75 Å². The van der Waals surface area contributed by atoms with Gasteiger partial charge < -0.3 is 10.0 Å². The number of hydrogen-bond acceptors (Lipinski definition) is 3. The molecule has 6 heteroatoms. The maximum Gasteiger partial charge on any atom is 0.258 e. The van der Waals surface area contributed by atoms with Crippen LogP contribution >= 0.6 is 23.2 Å². The van der Waals surface area contributed by atoms with Gasteiger partial charge in [-0.05, 0) is 37.1 Å². The van der Waals surface area contributed by atoms with Gasteiger partial charge in [0.05, 0.1) is 22.3 Å². The number of nitrogens with zero attached hydrogens (tertiary/aromatic N) is 2. The van der Waals surface area contributed by atoms with Crippen LogP contribution in [0.4, 0.5) is 0 Å². The van der Waals surface area contributed by atoms with Crippen molar-refractivity contribution in [3.05, 3.63) is 57.8 Å². The van der Waals surface area contributed by atoms with Crippen LogP contribution in [0.25, 0.3) is 0 Å². The third-order valence-electron chi connectivity index (χ3n) is 3.84. The Balaban J connectivity index is 1.93. The highest BCUT2D eigenvalue weighted by Gasteiger charge is 2.32. The summed E-state index contributed by atoms with van der Waals surface area (Å²) < 4.78 is 0. The molecule has 0 spiro atoms. The lowest BCUT2D eigenvalue weighted by Gasteiger charge is -2.25. The van der Waals surface area contributed by atoms with E-state index in [1.807, 2.05) is 18.2 Å². The topological polar surface area (TPSA) is 53.4 Å². The van der Waals surface area contributed by atoms with Crippen LogP contribution in [0.1, 0.15) is 34.9 Å². The lowest BCUT2D eigenvalue weighted by molar-refractivity contribution is 0.0730. The van der Waals surface area contributed by atoms with Gasteiger partial charge in [-0.15, -0.1) is 0 Å². The minimum atomic E-state index is -0.272. The van der Waals surface area contributed by atoms with Crippen LogP contribution in [0.15, 0.2) is 36.5 Å². The number of hydrogen-bond donors (Lipinski definition) is 1. The number of amides is 1. The predicted molar refractivity (Wildman–Crippen MR) is 85.4 cm³/mol. The first-order valence-electron chi connectivity index (χ1n) is 6.98. The number of carbonyl (C=O) groups is 1. The number of aromatic nitrogens is 1. The van der Waals surface area contributed by atoms with E-state index in [1.165, 1.54) is 12.1 Å². The van der Waals surface area contributed by atoms with Crippen LogP contribution in [-0.2, 0) is 0 Å². The van der Waals surface area contributed by atoms with Crippen molar-refractivity contribution in [2.75, 3.05) is 6.54 Å². The average Bonchev–Trinajstić information content (AvgIpc) is 3.03. The molecule has 0 aliphatic carbocycles. The van der Waals surface area contributed by atoms with Gasteiger partial charge in [0.25, 0.3) is 5.91 Å². The van der Waals surface area contributed by atoms with E-state index in [2.05, 4.69) is 4.98 Å². The molecule has 1 aromatic carbocycles. The number of phenols is 1. The molecule has 1 N–H and O–H groups in total. The second-order valence-electron chi connectivity index (χ2n) is 5.17. The summed E-state index contributed by atoms with van der Waals surface area (Å²) in [7, 11) is 0. The molecule has 114 valence electrons. The van der Waals surface area contributed by atoms with Crippen LogP contribution in [0.3, 0.4) is 0 Å². The second kappa shape index (κ2) is 6.15. The fraction of sp³-hybridized carbons (Fsp3) is 0.250. The number of rotatable bonds is 2. The van der Waals surface area contributed by atoms with Crippen molar-refractivity contribution in [1.29, 1.82) is 0 Å². The van der Waals surface area contributed by atoms with Crippen molar-refractivity contribution in [1.82, 2.24) is 9.88 Å². The van der Waals surface area contributed by atoms with E-state index in [0.717, 1.165) is 18.5 Å². The maximum absolute atomic E-state index is 12.8. The molecule has 1 fully saturated rings. The molecule has 0 radical (unpaired) electrons. The first-order chi connectivity index (χ1) is 10.6. The first kappa shape index (κ1) is 15.1. The fourth-order valence-electron chi connectivity index (χ4n) is 2.76. The standard InChI is InChI=1S/C16H14Cl2N2O2/c17-11-7-6-10(15(21)14(11)18)16(22)20-9-3-5-13(20)12-4-1-2-8-19-12/h1-2,4,6-8,13,21H,3,5,9H2. The molecule has 1 amide bonds. The van der Waals surface area contributed by atoms with Crippen molar-refractivity contribution < 1.29 is 9.90 Å². The van der Waals surface area contributed by atoms with E-state index in [-0.39, 0.29) is 33.3 Å². The zero-order chi connectivity index (χ0) is 15.7. The fourth-order valence-corrected chi connectivity index (χ4v) is 3.07. The molecule has 1 atom stereocenters. The molecule has 2 heterocycles. The largest absolute Gasteiger partial charge is 0.505 e. The van der Waals surface area contributed by atoms with Gasteiger partial charge in [0, 0.05) is 12.7 Å². The van der Waals surface area contributed by atoms with Crippen molar-refractivity contribution >= 4 is 29.1 Å². The Labute approximate surface area is 138 Å². The summed E-state index contributed by atoms with van der Waals surface area (Å²) in [6.45, 7) is 0.625. The Morgan fingerprint density at radius 3 is 2.82 bits per heavy atom. The summed E-state index contributed by atoms with van der Waals surface area (Å²) in [4.78, 5) is 18.8. The molecule has 1 aliphatic rings. The van der Waals surface area contributed by atoms with Crippen LogP contribution < -0.4 is 0 Å². The molecule has 22 heavy (non-hydrogen) atoms. The summed E-state index contributed by atoms with van der Waals surface area (Å²) in [6.07, 6.45) is 3.47. The van der Waals surface area contributed by atoms with Crippen molar-refractivity contribution in [2.45, 2.75) is 18.9 Å². The van der Waals surface area contributed by atoms with Gasteiger partial charge in [-0.3, -0.25) is 9.78 Å². The zero-order valence-electron chi connectivity index (χ0n) is 11.7. The molecule has 1 aromatic heterocycles. The molecule has 2 aromatic rings. The van der Waals surface area contributed by atoms with Gasteiger partial charge in [0.2, 0.25) is 0 Å². The number of phenolic OH excluding ortho intramolecular Hbond substituents is 1. The average molecular weight is 337 g/mol. The molecule has 0 bridgehead atoms. The Bertz CT molecular complexity index is 707. The van der Waals surface area contributed by atoms with E-state index < -0.39 is 0 Å². The summed E-state index contributed by atoms with van der Waals surface area (Å²) in [5, 5.41) is 10.3. The summed E-state index contributed by atoms with van der Waals surface area (Å²) in [5.41, 5.74) is 1.02. The van der Waals surface area contributed by atoms with Gasteiger partial charge in [-0.2, -0.15) is 0 Å². The minimum Gasteiger partial charge on any atom is -0.505 e. The third-order valence-corrected chi connectivity index (χ3v) is 4.64. The number of halogens is 2. The highest BCUT2D eigenvalue weighted by Crippen LogP contribution is 2.37. The van der Waals surface area contributed by atoms with Crippen molar-refractivity contribution in [2.24, 2.45) is 0 Å². The minimum absolute atomic E-state index is 0.00102. The number of aromatic hydroxyl groups is 1. The Kier molecular flexibility index (Phi) is 4.23. The molecule has 0 saturated carbocycles. The highest BCUT2D eigenvalue weighted by molar-refractivity contribution is 6.43. The van der Waals surface area contributed by atoms with Gasteiger partial charge in [0.1, 0.15) is 10.8 Å². The number of likely N-dealkylation sites (tertiary alicyclic amines) is 1. The molecule has 1 unspecified atom stereocenters. The molecule has 1 aliphatic heterocycles. The van der Waals surface area contributed by atoms with E-state index in [4.69, 9.17) is 23.2 Å². The first-order valence-corrected chi connectivity index (χ1v) is 7.74. The third kappa shape index (κ3) is 2.64. The zero-order valence-corrected chi connectivity index (χ0v) is 13.2. The lowest BCUT2D eigenvalue weighted by Crippen LogP contribution is -2.31. The quantitative estimate of drug-likeness (QED) is 0.899. The van der Waals surface area contributed by atoms with E-state index in [1.54, 1.807) is 11.1 Å². The van der Waals surface area contributed by atoms with E-state index in [9.17, 15) is 9.90 Å². The number of carbonyl (C=O) groups excluding carboxylic acids is 1. The van der Waals surface area contributed by atoms with Gasteiger partial charge in [-0.25, -0.2) is 0 Å². The highest BCUT2D eigenvalue weighted by atomic mass is 35.5. The molecule has 3 rings (SSSR count). The molecule has 1 saturated heterocycles. The number of benzene rings is 1. The summed E-state index contributed by atoms with van der Waals surface area (Å²) >= 11 is 11.8. The van der Waals surface area contributed by atoms with Crippen LogP contribution in [0, 0.1) is 0 Å².